The molecule has 0 radical (unpaired) electrons. The number of carbonyl (C=O) groups is 9. The molecule has 0 aliphatic carbocycles. The summed E-state index contributed by atoms with van der Waals surface area (Å²) in [5, 5.41) is 37.3. The number of carboxylic acid groups (broad SMARTS) is 1. The third kappa shape index (κ3) is 19.9. The van der Waals surface area contributed by atoms with Crippen LogP contribution in [0.15, 0.2) is 30.3 Å². The van der Waals surface area contributed by atoms with Gasteiger partial charge in [-0.3, -0.25) is 38.4 Å². The van der Waals surface area contributed by atoms with E-state index in [9.17, 15) is 53.4 Å². The van der Waals surface area contributed by atoms with Gasteiger partial charge in [0.15, 0.2) is 0 Å². The van der Waals surface area contributed by atoms with E-state index in [1.165, 1.54) is 28.4 Å². The number of amides is 8. The molecule has 9 unspecified atom stereocenters. The Morgan fingerprint density at radius 3 is 1.94 bits per heavy atom. The zero-order valence-electron chi connectivity index (χ0n) is 39.2. The smallest absolute Gasteiger partial charge is 0.326 e. The molecular formula is C44H71N9O11S3. The average Bonchev–Trinajstić information content (AvgIpc) is 3.80. The Kier molecular flexibility index (Phi) is 26.9. The van der Waals surface area contributed by atoms with E-state index in [1.54, 1.807) is 37.3 Å². The van der Waals surface area contributed by atoms with Gasteiger partial charge in [-0.05, 0) is 73.5 Å². The molecule has 1 aromatic carbocycles. The zero-order valence-corrected chi connectivity index (χ0v) is 41.7. The number of aliphatic hydroxyl groups is 1. The van der Waals surface area contributed by atoms with Gasteiger partial charge in [0.25, 0.3) is 0 Å². The molecule has 1 aliphatic rings. The molecule has 1 saturated heterocycles. The summed E-state index contributed by atoms with van der Waals surface area (Å²) in [6.45, 7) is 6.27. The quantitative estimate of drug-likeness (QED) is 0.0420. The molecule has 9 atom stereocenters. The maximum absolute atomic E-state index is 14.1. The number of hydrogen-bond donors (Lipinski definition) is 11. The number of rotatable bonds is 30. The van der Waals surface area contributed by atoms with Gasteiger partial charge in [0.05, 0.1) is 13.2 Å². The van der Waals surface area contributed by atoms with Crippen LogP contribution in [-0.4, -0.2) is 166 Å². The molecule has 20 nitrogen and oxygen atoms in total. The van der Waals surface area contributed by atoms with Crippen molar-refractivity contribution in [3.63, 3.8) is 0 Å². The van der Waals surface area contributed by atoms with Crippen LogP contribution in [0.3, 0.4) is 0 Å². The highest BCUT2D eigenvalue weighted by Crippen LogP contribution is 2.21. The van der Waals surface area contributed by atoms with Crippen molar-refractivity contribution < 1.29 is 53.4 Å². The van der Waals surface area contributed by atoms with Gasteiger partial charge >= 0.3 is 5.97 Å². The molecule has 1 aromatic rings. The highest BCUT2D eigenvalue weighted by atomic mass is 32.2. The summed E-state index contributed by atoms with van der Waals surface area (Å²) in [6.07, 6.45) is 5.37. The van der Waals surface area contributed by atoms with Crippen LogP contribution in [0.5, 0.6) is 0 Å². The Morgan fingerprint density at radius 1 is 0.776 bits per heavy atom. The normalized spacial score (nSPS) is 17.0. The first-order valence-electron chi connectivity index (χ1n) is 22.4. The number of nitrogens with two attached hydrogens (primary N) is 1. The molecule has 0 bridgehead atoms. The van der Waals surface area contributed by atoms with Crippen molar-refractivity contribution in [2.45, 2.75) is 121 Å². The lowest BCUT2D eigenvalue weighted by atomic mass is 9.96. The van der Waals surface area contributed by atoms with Crippen LogP contribution in [0.2, 0.25) is 0 Å². The number of thiol groups is 1. The van der Waals surface area contributed by atoms with Crippen molar-refractivity contribution in [3.8, 4) is 0 Å². The minimum atomic E-state index is -1.26. The molecule has 8 amide bonds. The van der Waals surface area contributed by atoms with Gasteiger partial charge in [0.1, 0.15) is 48.3 Å². The number of likely N-dealkylation sites (tertiary alicyclic amines) is 1. The lowest BCUT2D eigenvalue weighted by Gasteiger charge is -2.31. The number of aliphatic hydroxyl groups excluding tert-OH is 1. The maximum Gasteiger partial charge on any atom is 0.326 e. The molecule has 23 heteroatoms. The van der Waals surface area contributed by atoms with Gasteiger partial charge < -0.3 is 58.1 Å². The molecule has 1 aliphatic heterocycles. The third-order valence-corrected chi connectivity index (χ3v) is 12.8. The number of thioether (sulfide) groups is 2. The summed E-state index contributed by atoms with van der Waals surface area (Å²) >= 11 is 7.18. The Balaban J connectivity index is 2.21. The molecule has 0 saturated carbocycles. The number of carboxylic acids is 1. The Morgan fingerprint density at radius 2 is 1.37 bits per heavy atom. The van der Waals surface area contributed by atoms with E-state index in [4.69, 9.17) is 5.73 Å². The first kappa shape index (κ1) is 58.5. The van der Waals surface area contributed by atoms with Crippen molar-refractivity contribution in [1.29, 1.82) is 0 Å². The molecule has 0 aromatic heterocycles. The molecule has 2 rings (SSSR count). The molecular weight excluding hydrogens is 927 g/mol. The summed E-state index contributed by atoms with van der Waals surface area (Å²) in [5.41, 5.74) is 6.28. The summed E-state index contributed by atoms with van der Waals surface area (Å²) in [5.74, 6) is -6.41. The van der Waals surface area contributed by atoms with Crippen LogP contribution >= 0.6 is 36.2 Å². The average molecular weight is 998 g/mol. The largest absolute Gasteiger partial charge is 0.480 e. The van der Waals surface area contributed by atoms with Gasteiger partial charge in [-0.2, -0.15) is 36.2 Å². The SMILES string of the molecule is CCC(C)C(NC(=O)C(CS)NC(=O)C1CCCN1C(=O)C(CC(C)C)NC(=O)CNC(=O)C(CCSC)NC(=O)C(N)CO)C(=O)NC(Cc1ccccc1)C(=O)NC(CCSC)C(=O)O. The van der Waals surface area contributed by atoms with Gasteiger partial charge in [-0.25, -0.2) is 4.79 Å². The van der Waals surface area contributed by atoms with E-state index in [-0.39, 0.29) is 50.3 Å². The van der Waals surface area contributed by atoms with Crippen LogP contribution in [0, 0.1) is 11.8 Å². The van der Waals surface area contributed by atoms with E-state index in [1.807, 2.05) is 33.3 Å². The second-order valence-corrected chi connectivity index (χ2v) is 19.2. The van der Waals surface area contributed by atoms with Gasteiger partial charge in [-0.15, -0.1) is 0 Å². The predicted octanol–water partition coefficient (Wildman–Crippen LogP) is -0.823. The molecule has 1 fully saturated rings. The number of carbonyl (C=O) groups excluding carboxylic acids is 8. The fraction of sp³-hybridized carbons (Fsp3) is 0.659. The highest BCUT2D eigenvalue weighted by molar-refractivity contribution is 7.98. The van der Waals surface area contributed by atoms with E-state index < -0.39 is 121 Å². The monoisotopic (exact) mass is 997 g/mol. The zero-order chi connectivity index (χ0) is 50.2. The summed E-state index contributed by atoms with van der Waals surface area (Å²) in [4.78, 5) is 121. The Bertz CT molecular complexity index is 1820. The Labute approximate surface area is 407 Å². The maximum atomic E-state index is 14.1. The van der Waals surface area contributed by atoms with Crippen LogP contribution in [0.4, 0.5) is 0 Å². The van der Waals surface area contributed by atoms with Crippen LogP contribution in [-0.2, 0) is 49.6 Å². The van der Waals surface area contributed by atoms with Crippen molar-refractivity contribution in [2.75, 3.05) is 49.5 Å². The minimum Gasteiger partial charge on any atom is -0.480 e. The van der Waals surface area contributed by atoms with Crippen LogP contribution in [0.1, 0.15) is 71.8 Å². The Hall–Kier alpha value is -4.58. The fourth-order valence-corrected chi connectivity index (χ4v) is 8.30. The lowest BCUT2D eigenvalue weighted by Crippen LogP contribution is -2.61. The first-order valence-corrected chi connectivity index (χ1v) is 25.8. The number of benzene rings is 1. The predicted molar refractivity (Wildman–Crippen MR) is 261 cm³/mol. The van der Waals surface area contributed by atoms with E-state index >= 15 is 0 Å². The van der Waals surface area contributed by atoms with E-state index in [0.29, 0.717) is 29.9 Å². The molecule has 11 N–H and O–H groups in total. The lowest BCUT2D eigenvalue weighted by molar-refractivity contribution is -0.142. The standard InChI is InChI=1S/C44H71N9O11S3/c1-7-26(4)36(42(61)50-31(21-27-12-9-8-10-13-27)39(58)49-30(44(63)64)16-19-67-6)52-40(59)33(24-65)51-41(60)34-14-11-17-53(34)43(62)32(20-25(2)3)47-35(55)22-46-38(57)29(15-18-66-5)48-37(56)28(45)23-54/h8-10,12-13,25-26,28-34,36,54,65H,7,11,14-24,45H2,1-6H3,(H,46,57)(H,47,55)(H,48,56)(H,49,58)(H,50,61)(H,51,60)(H,52,59)(H,63,64). The van der Waals surface area contributed by atoms with Crippen molar-refractivity contribution in [2.24, 2.45) is 17.6 Å². The second-order valence-electron chi connectivity index (χ2n) is 16.8. The topological polar surface area (TPSA) is 308 Å². The molecule has 1 heterocycles. The second kappa shape index (κ2) is 30.7. The van der Waals surface area contributed by atoms with Gasteiger partial charge in [0.2, 0.25) is 47.3 Å². The number of nitrogens with zero attached hydrogens (tertiary/aromatic N) is 1. The molecule has 67 heavy (non-hydrogen) atoms. The van der Waals surface area contributed by atoms with Crippen LogP contribution in [0.25, 0.3) is 0 Å². The first-order chi connectivity index (χ1) is 31.8. The summed E-state index contributed by atoms with van der Waals surface area (Å²) in [7, 11) is 0. The third-order valence-electron chi connectivity index (χ3n) is 11.1. The minimum absolute atomic E-state index is 0.0289. The highest BCUT2D eigenvalue weighted by Gasteiger charge is 2.40. The van der Waals surface area contributed by atoms with Crippen molar-refractivity contribution in [3.05, 3.63) is 35.9 Å². The number of aliphatic carboxylic acids is 1. The summed E-state index contributed by atoms with van der Waals surface area (Å²) in [6, 6.07) is -0.370. The molecule has 0 spiro atoms. The van der Waals surface area contributed by atoms with E-state index in [0.717, 1.165) is 0 Å². The molecule has 376 valence electrons. The summed E-state index contributed by atoms with van der Waals surface area (Å²) < 4.78 is 0. The van der Waals surface area contributed by atoms with Gasteiger partial charge in [-0.1, -0.05) is 64.4 Å². The van der Waals surface area contributed by atoms with Gasteiger partial charge in [0, 0.05) is 18.7 Å². The number of hydrogen-bond acceptors (Lipinski definition) is 14. The van der Waals surface area contributed by atoms with Crippen molar-refractivity contribution in [1.82, 2.24) is 42.1 Å². The fourth-order valence-electron chi connectivity index (χ4n) is 7.10. The van der Waals surface area contributed by atoms with Crippen molar-refractivity contribution >= 4 is 89.4 Å². The van der Waals surface area contributed by atoms with E-state index in [2.05, 4.69) is 49.8 Å². The van der Waals surface area contributed by atoms with Crippen LogP contribution < -0.4 is 43.0 Å². The number of nitrogens with one attached hydrogen (secondary N) is 7.